The van der Waals surface area contributed by atoms with Gasteiger partial charge in [0.25, 0.3) is 0 Å². The third kappa shape index (κ3) is 2.86. The summed E-state index contributed by atoms with van der Waals surface area (Å²) in [4.78, 5) is 3.84. The van der Waals surface area contributed by atoms with Crippen molar-refractivity contribution < 1.29 is 14.2 Å². The molecule has 2 unspecified atom stereocenters. The second kappa shape index (κ2) is 5.78. The number of pyridine rings is 1. The fourth-order valence-electron chi connectivity index (χ4n) is 3.74. The van der Waals surface area contributed by atoms with Crippen LogP contribution in [0.1, 0.15) is 56.6 Å². The molecule has 1 aliphatic heterocycles. The van der Waals surface area contributed by atoms with Crippen LogP contribution in [0.25, 0.3) is 0 Å². The molecule has 2 aliphatic rings. The van der Waals surface area contributed by atoms with Crippen molar-refractivity contribution in [1.82, 2.24) is 4.98 Å². The molecule has 0 bridgehead atoms. The molecule has 2 heterocycles. The van der Waals surface area contributed by atoms with E-state index in [1.807, 2.05) is 0 Å². The Balaban J connectivity index is 1.73. The third-order valence-electron chi connectivity index (χ3n) is 4.81. The lowest BCUT2D eigenvalue weighted by atomic mass is 9.74. The first-order valence-electron chi connectivity index (χ1n) is 7.61. The second-order valence-electron chi connectivity index (χ2n) is 6.23. The number of hydrogen-bond acceptors (Lipinski definition) is 3. The molecule has 1 N–H and O–H groups in total. The van der Waals surface area contributed by atoms with Crippen molar-refractivity contribution in [2.24, 2.45) is 5.92 Å². The lowest BCUT2D eigenvalue weighted by molar-refractivity contribution is -0.134. The average molecular weight is 279 g/mol. The summed E-state index contributed by atoms with van der Waals surface area (Å²) in [5, 5.41) is 10.5. The molecule has 3 rings (SSSR count). The maximum absolute atomic E-state index is 13.2. The summed E-state index contributed by atoms with van der Waals surface area (Å²) in [6, 6.07) is 1.39. The van der Waals surface area contributed by atoms with E-state index < -0.39 is 6.10 Å². The minimum absolute atomic E-state index is 0.0388. The van der Waals surface area contributed by atoms with Gasteiger partial charge in [0.1, 0.15) is 5.82 Å². The maximum atomic E-state index is 13.2. The Bertz CT molecular complexity index is 454. The van der Waals surface area contributed by atoms with Crippen LogP contribution in [-0.4, -0.2) is 22.3 Å². The van der Waals surface area contributed by atoms with Gasteiger partial charge in [-0.1, -0.05) is 19.3 Å². The lowest BCUT2D eigenvalue weighted by Crippen LogP contribution is -2.42. The van der Waals surface area contributed by atoms with Gasteiger partial charge >= 0.3 is 0 Å². The molecular weight excluding hydrogens is 257 g/mol. The number of aliphatic hydroxyl groups excluding tert-OH is 1. The summed E-state index contributed by atoms with van der Waals surface area (Å²) in [6.45, 7) is 0.699. The highest BCUT2D eigenvalue weighted by atomic mass is 19.1. The van der Waals surface area contributed by atoms with E-state index in [0.717, 1.165) is 25.7 Å². The van der Waals surface area contributed by atoms with Crippen molar-refractivity contribution >= 4 is 0 Å². The highest BCUT2D eigenvalue weighted by Gasteiger charge is 2.40. The number of ether oxygens (including phenoxy) is 1. The minimum atomic E-state index is -0.638. The number of hydrogen-bond donors (Lipinski definition) is 1. The number of aromatic nitrogens is 1. The summed E-state index contributed by atoms with van der Waals surface area (Å²) in [7, 11) is 0. The fraction of sp³-hybridized carbons (Fsp3) is 0.688. The zero-order chi connectivity index (χ0) is 14.0. The van der Waals surface area contributed by atoms with Gasteiger partial charge in [-0.25, -0.2) is 4.39 Å². The molecule has 2 fully saturated rings. The van der Waals surface area contributed by atoms with Crippen LogP contribution in [0.15, 0.2) is 18.5 Å². The first kappa shape index (κ1) is 14.0. The largest absolute Gasteiger partial charge is 0.388 e. The third-order valence-corrected chi connectivity index (χ3v) is 4.81. The summed E-state index contributed by atoms with van der Waals surface area (Å²) in [5.74, 6) is -0.244. The van der Waals surface area contributed by atoms with Crippen molar-refractivity contribution in [2.45, 2.75) is 56.7 Å². The van der Waals surface area contributed by atoms with Gasteiger partial charge in [-0.2, -0.15) is 0 Å². The van der Waals surface area contributed by atoms with Crippen LogP contribution in [0.3, 0.4) is 0 Å². The van der Waals surface area contributed by atoms with Gasteiger partial charge in [0.05, 0.1) is 17.9 Å². The van der Waals surface area contributed by atoms with Gasteiger partial charge in [-0.05, 0) is 37.7 Å². The van der Waals surface area contributed by atoms with Crippen molar-refractivity contribution in [2.75, 3.05) is 6.61 Å². The summed E-state index contributed by atoms with van der Waals surface area (Å²) in [5.41, 5.74) is 0.547. The van der Waals surface area contributed by atoms with Crippen molar-refractivity contribution in [3.05, 3.63) is 29.8 Å². The molecule has 0 aromatic carbocycles. The van der Waals surface area contributed by atoms with Crippen LogP contribution in [0.2, 0.25) is 0 Å². The number of rotatable bonds is 2. The Morgan fingerprint density at radius 3 is 2.85 bits per heavy atom. The first-order chi connectivity index (χ1) is 9.69. The van der Waals surface area contributed by atoms with E-state index in [1.54, 1.807) is 6.20 Å². The quantitative estimate of drug-likeness (QED) is 0.902. The predicted molar refractivity (Wildman–Crippen MR) is 73.6 cm³/mol. The van der Waals surface area contributed by atoms with E-state index in [0.29, 0.717) is 12.2 Å². The molecule has 1 saturated carbocycles. The van der Waals surface area contributed by atoms with Crippen LogP contribution in [0.4, 0.5) is 4.39 Å². The minimum Gasteiger partial charge on any atom is -0.388 e. The molecule has 1 aliphatic carbocycles. The molecule has 1 aromatic rings. The maximum Gasteiger partial charge on any atom is 0.141 e. The van der Waals surface area contributed by atoms with Crippen LogP contribution in [0.5, 0.6) is 0 Å². The highest BCUT2D eigenvalue weighted by Crippen LogP contribution is 2.44. The number of halogens is 1. The van der Waals surface area contributed by atoms with E-state index in [9.17, 15) is 9.50 Å². The monoisotopic (exact) mass is 279 g/mol. The van der Waals surface area contributed by atoms with Gasteiger partial charge in [-0.15, -0.1) is 0 Å². The molecule has 1 spiro atoms. The molecule has 2 atom stereocenters. The van der Waals surface area contributed by atoms with Crippen molar-refractivity contribution in [1.29, 1.82) is 0 Å². The molecule has 1 aromatic heterocycles. The molecule has 0 radical (unpaired) electrons. The Kier molecular flexibility index (Phi) is 4.03. The molecule has 1 saturated heterocycles. The Morgan fingerprint density at radius 1 is 1.30 bits per heavy atom. The van der Waals surface area contributed by atoms with Gasteiger partial charge in [0.2, 0.25) is 0 Å². The van der Waals surface area contributed by atoms with Crippen LogP contribution < -0.4 is 0 Å². The molecule has 20 heavy (non-hydrogen) atoms. The SMILES string of the molecule is OC(c1cncc(F)c1)C1CCOC2(CCCCC2)C1. The highest BCUT2D eigenvalue weighted by molar-refractivity contribution is 5.14. The van der Waals surface area contributed by atoms with E-state index in [-0.39, 0.29) is 17.3 Å². The number of aliphatic hydroxyl groups is 1. The summed E-state index contributed by atoms with van der Waals surface area (Å²) < 4.78 is 19.3. The van der Waals surface area contributed by atoms with Gasteiger partial charge < -0.3 is 9.84 Å². The topological polar surface area (TPSA) is 42.4 Å². The summed E-state index contributed by atoms with van der Waals surface area (Å²) >= 11 is 0. The Labute approximate surface area is 119 Å². The van der Waals surface area contributed by atoms with Crippen LogP contribution >= 0.6 is 0 Å². The second-order valence-corrected chi connectivity index (χ2v) is 6.23. The van der Waals surface area contributed by atoms with Crippen molar-refractivity contribution in [3.63, 3.8) is 0 Å². The smallest absolute Gasteiger partial charge is 0.141 e. The lowest BCUT2D eigenvalue weighted by Gasteiger charge is -2.44. The number of nitrogens with zero attached hydrogens (tertiary/aromatic N) is 1. The van der Waals surface area contributed by atoms with Crippen LogP contribution in [-0.2, 0) is 4.74 Å². The average Bonchev–Trinajstić information content (AvgIpc) is 2.47. The molecular formula is C16H22FNO2. The van der Waals surface area contributed by atoms with E-state index in [2.05, 4.69) is 4.98 Å². The predicted octanol–water partition coefficient (Wildman–Crippen LogP) is 3.38. The fourth-order valence-corrected chi connectivity index (χ4v) is 3.74. The van der Waals surface area contributed by atoms with Crippen LogP contribution in [0, 0.1) is 11.7 Å². The Hall–Kier alpha value is -1.00. The first-order valence-corrected chi connectivity index (χ1v) is 7.61. The Morgan fingerprint density at radius 2 is 2.10 bits per heavy atom. The van der Waals surface area contributed by atoms with E-state index in [4.69, 9.17) is 4.74 Å². The van der Waals surface area contributed by atoms with Crippen molar-refractivity contribution in [3.8, 4) is 0 Å². The van der Waals surface area contributed by atoms with E-state index >= 15 is 0 Å². The standard InChI is InChI=1S/C16H22FNO2/c17-14-8-13(10-18-11-14)15(19)12-4-7-20-16(9-12)5-2-1-3-6-16/h8,10-12,15,19H,1-7,9H2. The van der Waals surface area contributed by atoms with Gasteiger partial charge in [-0.3, -0.25) is 4.98 Å². The molecule has 3 nitrogen and oxygen atoms in total. The van der Waals surface area contributed by atoms with Gasteiger partial charge in [0, 0.05) is 18.4 Å². The normalized spacial score (nSPS) is 27.4. The zero-order valence-corrected chi connectivity index (χ0v) is 11.7. The van der Waals surface area contributed by atoms with Gasteiger partial charge in [0.15, 0.2) is 0 Å². The molecule has 110 valence electrons. The molecule has 4 heteroatoms. The zero-order valence-electron chi connectivity index (χ0n) is 11.7. The van der Waals surface area contributed by atoms with E-state index in [1.165, 1.54) is 31.5 Å². The molecule has 0 amide bonds. The summed E-state index contributed by atoms with van der Waals surface area (Å²) in [6.07, 6.45) is 9.71.